The van der Waals surface area contributed by atoms with Crippen molar-refractivity contribution in [2.24, 2.45) is 0 Å². The Balaban J connectivity index is 1.20. The number of aromatic nitrogens is 2. The minimum Gasteiger partial charge on any atom is -0.493 e. The minimum atomic E-state index is -0.818. The van der Waals surface area contributed by atoms with Crippen molar-refractivity contribution in [2.75, 3.05) is 33.0 Å². The highest BCUT2D eigenvalue weighted by atomic mass is 16.6. The summed E-state index contributed by atoms with van der Waals surface area (Å²) in [6, 6.07) is 24.7. The van der Waals surface area contributed by atoms with E-state index in [1.165, 1.54) is 36.7 Å². The molecule has 0 N–H and O–H groups in total. The van der Waals surface area contributed by atoms with Crippen molar-refractivity contribution >= 4 is 29.8 Å². The molecule has 0 bridgehead atoms. The third kappa shape index (κ3) is 12.7. The maximum Gasteiger partial charge on any atom is 0.345 e. The van der Waals surface area contributed by atoms with Gasteiger partial charge in [0, 0.05) is 48.5 Å². The van der Waals surface area contributed by atoms with Gasteiger partial charge in [0.05, 0.1) is 61.1 Å². The average Bonchev–Trinajstić information content (AvgIpc) is 3.27. The third-order valence-corrected chi connectivity index (χ3v) is 8.10. The summed E-state index contributed by atoms with van der Waals surface area (Å²) in [5, 5.41) is 0. The molecule has 5 rings (SSSR count). The van der Waals surface area contributed by atoms with Gasteiger partial charge in [0.2, 0.25) is 0 Å². The lowest BCUT2D eigenvalue weighted by Crippen LogP contribution is -2.14. The molecule has 0 aliphatic carbocycles. The molecule has 0 aliphatic heterocycles. The Morgan fingerprint density at radius 2 is 0.983 bits per heavy atom. The highest BCUT2D eigenvalue weighted by Crippen LogP contribution is 2.31. The van der Waals surface area contributed by atoms with Gasteiger partial charge in [-0.05, 0) is 97.9 Å². The van der Waals surface area contributed by atoms with Gasteiger partial charge >= 0.3 is 29.8 Å². The van der Waals surface area contributed by atoms with Crippen LogP contribution in [0, 0.1) is 0 Å². The number of hydrogen-bond acceptors (Lipinski definition) is 14. The molecule has 14 heteroatoms. The van der Waals surface area contributed by atoms with Crippen molar-refractivity contribution in [3.63, 3.8) is 0 Å². The van der Waals surface area contributed by atoms with E-state index in [2.05, 4.69) is 23.1 Å². The van der Waals surface area contributed by atoms with Crippen molar-refractivity contribution < 1.29 is 57.1 Å². The number of hydrogen-bond donors (Lipinski definition) is 0. The van der Waals surface area contributed by atoms with Crippen molar-refractivity contribution in [1.29, 1.82) is 0 Å². The first-order valence-corrected chi connectivity index (χ1v) is 18.4. The van der Waals surface area contributed by atoms with Gasteiger partial charge in [-0.2, -0.15) is 0 Å². The predicted octanol–water partition coefficient (Wildman–Crippen LogP) is 7.42. The fraction of sp³-hybridized carbons (Fsp3) is 0.178. The zero-order valence-electron chi connectivity index (χ0n) is 32.1. The molecule has 0 unspecified atom stereocenters. The van der Waals surface area contributed by atoms with E-state index in [1.54, 1.807) is 49.4 Å². The van der Waals surface area contributed by atoms with Gasteiger partial charge in [-0.1, -0.05) is 13.2 Å². The van der Waals surface area contributed by atoms with Crippen LogP contribution >= 0.6 is 0 Å². The number of ether oxygens (including phenoxy) is 7. The Hall–Kier alpha value is -7.61. The zero-order chi connectivity index (χ0) is 42.0. The van der Waals surface area contributed by atoms with Crippen LogP contribution in [-0.4, -0.2) is 72.8 Å². The monoisotopic (exact) mass is 800 g/mol. The summed E-state index contributed by atoms with van der Waals surface area (Å²) < 4.78 is 37.6. The number of carbonyl (C=O) groups excluding carboxylic acids is 5. The van der Waals surface area contributed by atoms with E-state index < -0.39 is 29.8 Å². The first kappa shape index (κ1) is 42.5. The van der Waals surface area contributed by atoms with E-state index in [9.17, 15) is 24.0 Å². The van der Waals surface area contributed by atoms with Crippen molar-refractivity contribution in [3.05, 3.63) is 145 Å². The molecular formula is C45H40N2O12. The molecule has 59 heavy (non-hydrogen) atoms. The van der Waals surface area contributed by atoms with Crippen LogP contribution in [0.4, 0.5) is 0 Å². The summed E-state index contributed by atoms with van der Waals surface area (Å²) in [6.45, 7) is 9.61. The number of pyridine rings is 2. The summed E-state index contributed by atoms with van der Waals surface area (Å²) in [5.41, 5.74) is 2.97. The molecule has 0 amide bonds. The Morgan fingerprint density at radius 1 is 0.525 bits per heavy atom. The molecule has 2 heterocycles. The smallest absolute Gasteiger partial charge is 0.345 e. The largest absolute Gasteiger partial charge is 0.493 e. The average molecular weight is 801 g/mol. The maximum atomic E-state index is 13.3. The van der Waals surface area contributed by atoms with Crippen molar-refractivity contribution in [3.8, 4) is 45.5 Å². The van der Waals surface area contributed by atoms with Gasteiger partial charge < -0.3 is 33.2 Å². The molecule has 5 aromatic rings. The van der Waals surface area contributed by atoms with Gasteiger partial charge in [-0.15, -0.1) is 0 Å². The summed E-state index contributed by atoms with van der Waals surface area (Å²) >= 11 is 0. The van der Waals surface area contributed by atoms with E-state index >= 15 is 0 Å². The van der Waals surface area contributed by atoms with E-state index in [0.717, 1.165) is 23.3 Å². The second-order valence-corrected chi connectivity index (χ2v) is 12.2. The standard InChI is InChI=1S/C45H40N2O12/c1-4-41(48)56-25-7-23-54-35-16-9-30(10-17-35)37-20-13-33(28-46-37)44(51)58-39-22-15-32(43(50)53-6-3)27-40(39)59-45(52)34-14-21-38(47-29-34)31-11-18-36(19-12-31)55-24-8-26-57-42(49)5-2/h4-5,9-22,27-29H,1-2,6-8,23-26H2,3H3. The highest BCUT2D eigenvalue weighted by Gasteiger charge is 2.20. The molecule has 2 aromatic heterocycles. The first-order valence-electron chi connectivity index (χ1n) is 18.4. The molecular weight excluding hydrogens is 760 g/mol. The Labute approximate surface area is 340 Å². The quantitative estimate of drug-likeness (QED) is 0.0250. The van der Waals surface area contributed by atoms with Crippen LogP contribution in [0.15, 0.2) is 129 Å². The summed E-state index contributed by atoms with van der Waals surface area (Å²) in [6.07, 6.45) is 5.93. The topological polar surface area (TPSA) is 176 Å². The molecule has 0 atom stereocenters. The highest BCUT2D eigenvalue weighted by molar-refractivity contribution is 5.95. The van der Waals surface area contributed by atoms with E-state index in [4.69, 9.17) is 33.2 Å². The number of rotatable bonds is 20. The van der Waals surface area contributed by atoms with Crippen molar-refractivity contribution in [2.45, 2.75) is 19.8 Å². The van der Waals surface area contributed by atoms with Gasteiger partial charge in [0.1, 0.15) is 11.5 Å². The number of carbonyl (C=O) groups is 5. The van der Waals surface area contributed by atoms with Crippen LogP contribution < -0.4 is 18.9 Å². The lowest BCUT2D eigenvalue weighted by Gasteiger charge is -2.12. The minimum absolute atomic E-state index is 0.0722. The van der Waals surface area contributed by atoms with Gasteiger partial charge in [0.15, 0.2) is 11.5 Å². The fourth-order valence-corrected chi connectivity index (χ4v) is 5.11. The SMILES string of the molecule is C=CC(=O)OCCCOc1ccc(-c2ccc(C(=O)Oc3ccc(C(=O)OCC)cc3OC(=O)c3ccc(-c4ccc(OCCCOC(=O)C=C)cc4)nc3)cn2)cc1. The fourth-order valence-electron chi connectivity index (χ4n) is 5.11. The normalized spacial score (nSPS) is 10.4. The van der Waals surface area contributed by atoms with Gasteiger partial charge in [-0.3, -0.25) is 9.97 Å². The second kappa shape index (κ2) is 21.6. The van der Waals surface area contributed by atoms with Crippen LogP contribution in [-0.2, 0) is 23.8 Å². The number of esters is 5. The third-order valence-electron chi connectivity index (χ3n) is 8.10. The van der Waals surface area contributed by atoms with Crippen LogP contribution in [0.2, 0.25) is 0 Å². The van der Waals surface area contributed by atoms with Crippen LogP contribution in [0.1, 0.15) is 50.8 Å². The van der Waals surface area contributed by atoms with Crippen LogP contribution in [0.25, 0.3) is 22.5 Å². The Bertz CT molecular complexity index is 2250. The van der Waals surface area contributed by atoms with Crippen LogP contribution in [0.5, 0.6) is 23.0 Å². The maximum absolute atomic E-state index is 13.3. The van der Waals surface area contributed by atoms with E-state index in [1.807, 2.05) is 24.3 Å². The van der Waals surface area contributed by atoms with E-state index in [0.29, 0.717) is 48.9 Å². The zero-order valence-corrected chi connectivity index (χ0v) is 32.1. The lowest BCUT2D eigenvalue weighted by molar-refractivity contribution is -0.138. The summed E-state index contributed by atoms with van der Waals surface area (Å²) in [4.78, 5) is 70.2. The second-order valence-electron chi connectivity index (χ2n) is 12.2. The molecule has 14 nitrogen and oxygen atoms in total. The molecule has 302 valence electrons. The van der Waals surface area contributed by atoms with E-state index in [-0.39, 0.29) is 48.0 Å². The predicted molar refractivity (Wildman–Crippen MR) is 214 cm³/mol. The Morgan fingerprint density at radius 3 is 1.41 bits per heavy atom. The molecule has 0 spiro atoms. The first-order chi connectivity index (χ1) is 28.7. The number of nitrogens with zero attached hydrogens (tertiary/aromatic N) is 2. The Kier molecular flexibility index (Phi) is 15.6. The molecule has 0 saturated heterocycles. The van der Waals surface area contributed by atoms with Gasteiger partial charge in [0.25, 0.3) is 0 Å². The van der Waals surface area contributed by atoms with Crippen molar-refractivity contribution in [1.82, 2.24) is 9.97 Å². The molecule has 0 aliphatic rings. The molecule has 0 radical (unpaired) electrons. The van der Waals surface area contributed by atoms with Gasteiger partial charge in [-0.25, -0.2) is 24.0 Å². The number of benzene rings is 3. The van der Waals surface area contributed by atoms with Crippen LogP contribution in [0.3, 0.4) is 0 Å². The molecule has 0 fully saturated rings. The molecule has 3 aromatic carbocycles. The summed E-state index contributed by atoms with van der Waals surface area (Å²) in [5.74, 6) is -2.32. The molecule has 0 saturated carbocycles. The summed E-state index contributed by atoms with van der Waals surface area (Å²) in [7, 11) is 0. The lowest BCUT2D eigenvalue weighted by atomic mass is 10.1.